The van der Waals surface area contributed by atoms with Crippen molar-refractivity contribution in [3.05, 3.63) is 23.8 Å². The second-order valence-electron chi connectivity index (χ2n) is 6.03. The Labute approximate surface area is 165 Å². The van der Waals surface area contributed by atoms with E-state index >= 15 is 0 Å². The number of benzene rings is 1. The van der Waals surface area contributed by atoms with Crippen molar-refractivity contribution in [3.63, 3.8) is 0 Å². The van der Waals surface area contributed by atoms with Gasteiger partial charge in [0.2, 0.25) is 11.8 Å². The molecule has 9 heteroatoms. The number of nitrogens with zero attached hydrogens (tertiary/aromatic N) is 1. The zero-order valence-electron chi connectivity index (χ0n) is 15.5. The first-order chi connectivity index (χ1) is 12.5. The van der Waals surface area contributed by atoms with E-state index < -0.39 is 11.8 Å². The highest BCUT2D eigenvalue weighted by Crippen LogP contribution is 2.27. The average Bonchev–Trinajstić information content (AvgIpc) is 2.67. The fourth-order valence-corrected chi connectivity index (χ4v) is 2.77. The summed E-state index contributed by atoms with van der Waals surface area (Å²) in [5.41, 5.74) is 6.09. The van der Waals surface area contributed by atoms with Gasteiger partial charge in [0.25, 0.3) is 5.91 Å². The Kier molecular flexibility index (Phi) is 9.60. The van der Waals surface area contributed by atoms with Crippen molar-refractivity contribution >= 4 is 35.8 Å². The van der Waals surface area contributed by atoms with Gasteiger partial charge in [-0.2, -0.15) is 0 Å². The van der Waals surface area contributed by atoms with Crippen LogP contribution in [0.5, 0.6) is 5.75 Å². The van der Waals surface area contributed by atoms with Crippen LogP contribution in [0.15, 0.2) is 18.2 Å². The van der Waals surface area contributed by atoms with Gasteiger partial charge in [0.05, 0.1) is 25.4 Å². The molecule has 0 atom stereocenters. The molecule has 0 bridgehead atoms. The number of ether oxygens (including phenoxy) is 1. The lowest BCUT2D eigenvalue weighted by Gasteiger charge is -2.27. The third kappa shape index (κ3) is 6.73. The van der Waals surface area contributed by atoms with E-state index in [1.807, 2.05) is 11.8 Å². The Balaban J connectivity index is 0.00000364. The number of nitrogens with two attached hydrogens (primary N) is 1. The highest BCUT2D eigenvalue weighted by atomic mass is 35.5. The van der Waals surface area contributed by atoms with E-state index in [1.54, 1.807) is 18.2 Å². The molecule has 8 nitrogen and oxygen atoms in total. The number of amides is 3. The van der Waals surface area contributed by atoms with Crippen LogP contribution < -0.4 is 21.1 Å². The first-order valence-electron chi connectivity index (χ1n) is 8.88. The maximum atomic E-state index is 12.7. The minimum atomic E-state index is -0.421. The molecule has 1 aromatic carbocycles. The van der Waals surface area contributed by atoms with Gasteiger partial charge in [0.15, 0.2) is 0 Å². The summed E-state index contributed by atoms with van der Waals surface area (Å²) in [5.74, 6) is -0.421. The smallest absolute Gasteiger partial charge is 0.253 e. The van der Waals surface area contributed by atoms with E-state index in [9.17, 15) is 14.4 Å². The lowest BCUT2D eigenvalue weighted by atomic mass is 10.1. The molecule has 3 amide bonds. The van der Waals surface area contributed by atoms with E-state index in [1.165, 1.54) is 0 Å². The molecule has 1 aromatic rings. The quantitative estimate of drug-likeness (QED) is 0.637. The number of halogens is 1. The van der Waals surface area contributed by atoms with Gasteiger partial charge in [-0.1, -0.05) is 0 Å². The summed E-state index contributed by atoms with van der Waals surface area (Å²) < 4.78 is 5.52. The number of likely N-dealkylation sites (tertiary alicyclic amines) is 1. The van der Waals surface area contributed by atoms with Crippen molar-refractivity contribution in [2.45, 2.75) is 26.2 Å². The number of nitrogens with one attached hydrogen (secondary N) is 2. The fraction of sp³-hybridized carbons (Fsp3) is 0.500. The SMILES string of the molecule is CCOc1ccc(C(=O)N2CCCCC2)cc1NC(=O)CNC(=O)CN.Cl. The molecule has 1 saturated heterocycles. The van der Waals surface area contributed by atoms with Gasteiger partial charge in [-0.15, -0.1) is 12.4 Å². The van der Waals surface area contributed by atoms with Crippen LogP contribution in [0.1, 0.15) is 36.5 Å². The van der Waals surface area contributed by atoms with Crippen LogP contribution in [0.2, 0.25) is 0 Å². The van der Waals surface area contributed by atoms with E-state index in [4.69, 9.17) is 10.5 Å². The molecule has 2 rings (SSSR count). The van der Waals surface area contributed by atoms with Crippen molar-refractivity contribution in [3.8, 4) is 5.75 Å². The Morgan fingerprint density at radius 3 is 2.48 bits per heavy atom. The van der Waals surface area contributed by atoms with Gasteiger partial charge in [-0.05, 0) is 44.4 Å². The molecule has 1 heterocycles. The molecule has 1 aliphatic heterocycles. The Hall–Kier alpha value is -2.32. The van der Waals surface area contributed by atoms with E-state index in [-0.39, 0.29) is 31.4 Å². The maximum Gasteiger partial charge on any atom is 0.253 e. The van der Waals surface area contributed by atoms with Gasteiger partial charge < -0.3 is 26.0 Å². The van der Waals surface area contributed by atoms with Crippen LogP contribution in [-0.2, 0) is 9.59 Å². The second kappa shape index (κ2) is 11.4. The summed E-state index contributed by atoms with van der Waals surface area (Å²) in [4.78, 5) is 37.7. The third-order valence-corrected chi connectivity index (χ3v) is 4.08. The number of hydrogen-bond acceptors (Lipinski definition) is 5. The van der Waals surface area contributed by atoms with Crippen molar-refractivity contribution in [1.29, 1.82) is 0 Å². The van der Waals surface area contributed by atoms with Crippen LogP contribution in [0, 0.1) is 0 Å². The molecule has 0 unspecified atom stereocenters. The number of carbonyl (C=O) groups is 3. The minimum Gasteiger partial charge on any atom is -0.492 e. The van der Waals surface area contributed by atoms with Crippen molar-refractivity contribution in [2.24, 2.45) is 5.73 Å². The molecule has 0 aliphatic carbocycles. The number of rotatable bonds is 7. The normalized spacial score (nSPS) is 13.3. The van der Waals surface area contributed by atoms with Crippen LogP contribution >= 0.6 is 12.4 Å². The molecule has 1 fully saturated rings. The average molecular weight is 399 g/mol. The zero-order chi connectivity index (χ0) is 18.9. The van der Waals surface area contributed by atoms with E-state index in [0.717, 1.165) is 32.4 Å². The molecule has 0 aromatic heterocycles. The first kappa shape index (κ1) is 22.7. The summed E-state index contributed by atoms with van der Waals surface area (Å²) in [6.07, 6.45) is 3.16. The van der Waals surface area contributed by atoms with Gasteiger partial charge in [-0.3, -0.25) is 14.4 Å². The Morgan fingerprint density at radius 2 is 1.85 bits per heavy atom. The van der Waals surface area contributed by atoms with Gasteiger partial charge in [0, 0.05) is 18.7 Å². The minimum absolute atomic E-state index is 0. The highest BCUT2D eigenvalue weighted by Gasteiger charge is 2.20. The van der Waals surface area contributed by atoms with Crippen LogP contribution in [-0.4, -0.2) is 55.4 Å². The fourth-order valence-electron chi connectivity index (χ4n) is 2.77. The largest absolute Gasteiger partial charge is 0.492 e. The van der Waals surface area contributed by atoms with Crippen molar-refractivity contribution < 1.29 is 19.1 Å². The number of carbonyl (C=O) groups excluding carboxylic acids is 3. The zero-order valence-corrected chi connectivity index (χ0v) is 16.3. The van der Waals surface area contributed by atoms with Crippen LogP contribution in [0.4, 0.5) is 5.69 Å². The molecule has 1 aliphatic rings. The number of anilines is 1. The molecule has 0 radical (unpaired) electrons. The summed E-state index contributed by atoms with van der Waals surface area (Å²) in [5, 5.41) is 5.08. The summed E-state index contributed by atoms with van der Waals surface area (Å²) in [7, 11) is 0. The van der Waals surface area contributed by atoms with E-state index in [2.05, 4.69) is 10.6 Å². The molecule has 150 valence electrons. The summed E-state index contributed by atoms with van der Waals surface area (Å²) >= 11 is 0. The lowest BCUT2D eigenvalue weighted by Crippen LogP contribution is -2.37. The summed E-state index contributed by atoms with van der Waals surface area (Å²) in [6.45, 7) is 3.37. The predicted octanol–water partition coefficient (Wildman–Crippen LogP) is 1.15. The predicted molar refractivity (Wildman–Crippen MR) is 105 cm³/mol. The molecular weight excluding hydrogens is 372 g/mol. The Bertz CT molecular complexity index is 663. The van der Waals surface area contributed by atoms with Crippen LogP contribution in [0.3, 0.4) is 0 Å². The second-order valence-corrected chi connectivity index (χ2v) is 6.03. The molecule has 4 N–H and O–H groups in total. The lowest BCUT2D eigenvalue weighted by molar-refractivity contribution is -0.123. The number of hydrogen-bond donors (Lipinski definition) is 3. The monoisotopic (exact) mass is 398 g/mol. The van der Waals surface area contributed by atoms with Crippen LogP contribution in [0.25, 0.3) is 0 Å². The topological polar surface area (TPSA) is 114 Å². The molecular formula is C18H27ClN4O4. The Morgan fingerprint density at radius 1 is 1.15 bits per heavy atom. The molecule has 0 spiro atoms. The van der Waals surface area contributed by atoms with Gasteiger partial charge >= 0.3 is 0 Å². The first-order valence-corrected chi connectivity index (χ1v) is 8.88. The van der Waals surface area contributed by atoms with Gasteiger partial charge in [0.1, 0.15) is 5.75 Å². The third-order valence-electron chi connectivity index (χ3n) is 4.08. The molecule has 0 saturated carbocycles. The highest BCUT2D eigenvalue weighted by molar-refractivity contribution is 5.99. The molecule has 27 heavy (non-hydrogen) atoms. The maximum absolute atomic E-state index is 12.7. The van der Waals surface area contributed by atoms with Crippen molar-refractivity contribution in [1.82, 2.24) is 10.2 Å². The number of piperidine rings is 1. The van der Waals surface area contributed by atoms with Crippen molar-refractivity contribution in [2.75, 3.05) is 38.1 Å². The summed E-state index contributed by atoms with van der Waals surface area (Å²) in [6, 6.07) is 4.99. The standard InChI is InChI=1S/C18H26N4O4.ClH/c1-2-26-15-7-6-13(18(25)22-8-4-3-5-9-22)10-14(15)21-17(24)12-20-16(23)11-19;/h6-7,10H,2-5,8-9,11-12,19H2,1H3,(H,20,23)(H,21,24);1H. The van der Waals surface area contributed by atoms with E-state index in [0.29, 0.717) is 23.6 Å². The van der Waals surface area contributed by atoms with Gasteiger partial charge in [-0.25, -0.2) is 0 Å².